The summed E-state index contributed by atoms with van der Waals surface area (Å²) in [4.78, 5) is 1.49. The van der Waals surface area contributed by atoms with E-state index in [-0.39, 0.29) is 0 Å². The van der Waals surface area contributed by atoms with Crippen LogP contribution in [0.4, 0.5) is 0 Å². The molecule has 0 bridgehead atoms. The summed E-state index contributed by atoms with van der Waals surface area (Å²) in [5.41, 5.74) is 0.435. The van der Waals surface area contributed by atoms with Crippen molar-refractivity contribution in [2.45, 2.75) is 27.2 Å². The average Bonchev–Trinajstić information content (AvgIpc) is 2.12. The molecule has 0 aliphatic carbocycles. The zero-order chi connectivity index (χ0) is 7.61. The van der Waals surface area contributed by atoms with Gasteiger partial charge in [0.15, 0.2) is 0 Å². The standard InChI is InChI=1S/C9H14S/c1-9(2,3)7-8-5-4-6-10-8/h4-6H,7H2,1-3H3. The third-order valence-corrected chi connectivity index (χ3v) is 2.16. The Morgan fingerprint density at radius 2 is 2.10 bits per heavy atom. The highest BCUT2D eigenvalue weighted by Gasteiger charge is 2.10. The predicted molar refractivity (Wildman–Crippen MR) is 47.5 cm³/mol. The lowest BCUT2D eigenvalue weighted by Gasteiger charge is -2.15. The monoisotopic (exact) mass is 154 g/mol. The lowest BCUT2D eigenvalue weighted by atomic mass is 9.92. The second-order valence-corrected chi connectivity index (χ2v) is 4.85. The van der Waals surface area contributed by atoms with Crippen molar-refractivity contribution < 1.29 is 0 Å². The molecule has 0 saturated heterocycles. The summed E-state index contributed by atoms with van der Waals surface area (Å²) in [5.74, 6) is 0. The van der Waals surface area contributed by atoms with Crippen LogP contribution in [0.15, 0.2) is 17.5 Å². The van der Waals surface area contributed by atoms with E-state index in [1.165, 1.54) is 11.3 Å². The number of hydrogen-bond donors (Lipinski definition) is 0. The van der Waals surface area contributed by atoms with Crippen molar-refractivity contribution >= 4 is 11.3 Å². The zero-order valence-electron chi connectivity index (χ0n) is 6.85. The Kier molecular flexibility index (Phi) is 2.14. The van der Waals surface area contributed by atoms with Gasteiger partial charge in [0.05, 0.1) is 0 Å². The predicted octanol–water partition coefficient (Wildman–Crippen LogP) is 3.34. The molecule has 0 N–H and O–H groups in total. The van der Waals surface area contributed by atoms with Gasteiger partial charge >= 0.3 is 0 Å². The Hall–Kier alpha value is -0.300. The largest absolute Gasteiger partial charge is 0.149 e. The zero-order valence-corrected chi connectivity index (χ0v) is 7.66. The quantitative estimate of drug-likeness (QED) is 0.582. The van der Waals surface area contributed by atoms with Crippen LogP contribution < -0.4 is 0 Å². The van der Waals surface area contributed by atoms with E-state index < -0.39 is 0 Å². The summed E-state index contributed by atoms with van der Waals surface area (Å²) in [6.07, 6.45) is 1.20. The molecule has 0 atom stereocenters. The lowest BCUT2D eigenvalue weighted by Crippen LogP contribution is -2.07. The number of rotatable bonds is 1. The molecule has 0 aliphatic rings. The molecule has 0 saturated carbocycles. The van der Waals surface area contributed by atoms with Gasteiger partial charge in [0.2, 0.25) is 0 Å². The molecule has 1 aromatic rings. The van der Waals surface area contributed by atoms with Crippen molar-refractivity contribution in [1.29, 1.82) is 0 Å². The van der Waals surface area contributed by atoms with Gasteiger partial charge in [0, 0.05) is 4.88 Å². The highest BCUT2D eigenvalue weighted by molar-refractivity contribution is 7.09. The molecule has 10 heavy (non-hydrogen) atoms. The molecule has 1 rings (SSSR count). The van der Waals surface area contributed by atoms with Gasteiger partial charge in [-0.1, -0.05) is 26.8 Å². The number of hydrogen-bond acceptors (Lipinski definition) is 1. The molecular weight excluding hydrogens is 140 g/mol. The maximum Gasteiger partial charge on any atom is 0.00504 e. The van der Waals surface area contributed by atoms with E-state index in [1.54, 1.807) is 0 Å². The van der Waals surface area contributed by atoms with Crippen LogP contribution in [0.2, 0.25) is 0 Å². The Morgan fingerprint density at radius 3 is 2.50 bits per heavy atom. The molecule has 0 amide bonds. The van der Waals surface area contributed by atoms with Crippen LogP contribution >= 0.6 is 11.3 Å². The highest BCUT2D eigenvalue weighted by Crippen LogP contribution is 2.22. The normalized spacial score (nSPS) is 11.9. The van der Waals surface area contributed by atoms with Crippen molar-refractivity contribution in [2.24, 2.45) is 5.41 Å². The molecule has 0 unspecified atom stereocenters. The third-order valence-electron chi connectivity index (χ3n) is 1.28. The van der Waals surface area contributed by atoms with Crippen LogP contribution in [-0.4, -0.2) is 0 Å². The summed E-state index contributed by atoms with van der Waals surface area (Å²) in [7, 11) is 0. The van der Waals surface area contributed by atoms with E-state index in [1.807, 2.05) is 11.3 Å². The Morgan fingerprint density at radius 1 is 1.40 bits per heavy atom. The van der Waals surface area contributed by atoms with Gasteiger partial charge < -0.3 is 0 Å². The molecule has 1 heterocycles. The molecule has 0 aliphatic heterocycles. The molecule has 0 spiro atoms. The lowest BCUT2D eigenvalue weighted by molar-refractivity contribution is 0.414. The minimum atomic E-state index is 0.435. The molecular formula is C9H14S. The van der Waals surface area contributed by atoms with Crippen LogP contribution in [0.5, 0.6) is 0 Å². The van der Waals surface area contributed by atoms with Crippen LogP contribution in [0.1, 0.15) is 25.6 Å². The number of thiophene rings is 1. The van der Waals surface area contributed by atoms with Crippen LogP contribution in [0.3, 0.4) is 0 Å². The van der Waals surface area contributed by atoms with Gasteiger partial charge in [-0.3, -0.25) is 0 Å². The second-order valence-electron chi connectivity index (χ2n) is 3.82. The minimum absolute atomic E-state index is 0.435. The topological polar surface area (TPSA) is 0 Å². The van der Waals surface area contributed by atoms with E-state index in [0.717, 1.165) is 0 Å². The summed E-state index contributed by atoms with van der Waals surface area (Å²) in [5, 5.41) is 2.14. The van der Waals surface area contributed by atoms with Gasteiger partial charge in [-0.2, -0.15) is 0 Å². The minimum Gasteiger partial charge on any atom is -0.149 e. The van der Waals surface area contributed by atoms with Gasteiger partial charge in [-0.25, -0.2) is 0 Å². The SMILES string of the molecule is CC(C)(C)Cc1cccs1. The Labute approximate surface area is 66.9 Å². The van der Waals surface area contributed by atoms with Crippen LogP contribution in [0, 0.1) is 5.41 Å². The molecule has 0 nitrogen and oxygen atoms in total. The van der Waals surface area contributed by atoms with Gasteiger partial charge in [-0.05, 0) is 23.3 Å². The third kappa shape index (κ3) is 2.53. The second kappa shape index (κ2) is 2.75. The molecule has 1 aromatic heterocycles. The maximum absolute atomic E-state index is 2.27. The fourth-order valence-electron chi connectivity index (χ4n) is 0.936. The summed E-state index contributed by atoms with van der Waals surface area (Å²) in [6.45, 7) is 6.81. The molecule has 56 valence electrons. The first kappa shape index (κ1) is 7.80. The average molecular weight is 154 g/mol. The Balaban J connectivity index is 2.57. The first-order valence-corrected chi connectivity index (χ1v) is 4.48. The summed E-state index contributed by atoms with van der Waals surface area (Å²) < 4.78 is 0. The summed E-state index contributed by atoms with van der Waals surface area (Å²) >= 11 is 1.85. The molecule has 1 heteroatoms. The van der Waals surface area contributed by atoms with Crippen molar-refractivity contribution in [3.63, 3.8) is 0 Å². The highest BCUT2D eigenvalue weighted by atomic mass is 32.1. The van der Waals surface area contributed by atoms with Crippen LogP contribution in [0.25, 0.3) is 0 Å². The van der Waals surface area contributed by atoms with E-state index in [0.29, 0.717) is 5.41 Å². The van der Waals surface area contributed by atoms with E-state index in [2.05, 4.69) is 38.3 Å². The fourth-order valence-corrected chi connectivity index (χ4v) is 1.94. The van der Waals surface area contributed by atoms with E-state index in [9.17, 15) is 0 Å². The van der Waals surface area contributed by atoms with E-state index >= 15 is 0 Å². The van der Waals surface area contributed by atoms with Gasteiger partial charge in [0.25, 0.3) is 0 Å². The van der Waals surface area contributed by atoms with Crippen LogP contribution in [-0.2, 0) is 6.42 Å². The van der Waals surface area contributed by atoms with Gasteiger partial charge in [0.1, 0.15) is 0 Å². The first-order valence-electron chi connectivity index (χ1n) is 3.60. The Bertz CT molecular complexity index is 179. The van der Waals surface area contributed by atoms with Crippen molar-refractivity contribution in [1.82, 2.24) is 0 Å². The first-order chi connectivity index (χ1) is 4.58. The van der Waals surface area contributed by atoms with Crippen molar-refractivity contribution in [2.75, 3.05) is 0 Å². The van der Waals surface area contributed by atoms with Gasteiger partial charge in [-0.15, -0.1) is 11.3 Å². The molecule has 0 aromatic carbocycles. The molecule has 0 fully saturated rings. The van der Waals surface area contributed by atoms with Crippen molar-refractivity contribution in [3.8, 4) is 0 Å². The van der Waals surface area contributed by atoms with E-state index in [4.69, 9.17) is 0 Å². The maximum atomic E-state index is 2.27. The van der Waals surface area contributed by atoms with Crippen molar-refractivity contribution in [3.05, 3.63) is 22.4 Å². The fraction of sp³-hybridized carbons (Fsp3) is 0.556. The molecule has 0 radical (unpaired) electrons. The summed E-state index contributed by atoms with van der Waals surface area (Å²) in [6, 6.07) is 4.32. The smallest absolute Gasteiger partial charge is 0.00504 e.